The van der Waals surface area contributed by atoms with Gasteiger partial charge in [0.15, 0.2) is 0 Å². The third kappa shape index (κ3) is 4.15. The zero-order chi connectivity index (χ0) is 27.3. The van der Waals surface area contributed by atoms with Crippen molar-refractivity contribution in [3.63, 3.8) is 0 Å². The quantitative estimate of drug-likeness (QED) is 0.193. The molecule has 0 saturated heterocycles. The van der Waals surface area contributed by atoms with Crippen LogP contribution in [0.25, 0.3) is 52.8 Å². The van der Waals surface area contributed by atoms with Gasteiger partial charge in [-0.1, -0.05) is 96.5 Å². The molecule has 0 N–H and O–H groups in total. The molecule has 41 heavy (non-hydrogen) atoms. The number of benzene rings is 7. The maximum absolute atomic E-state index is 6.32. The lowest BCUT2D eigenvalue weighted by Crippen LogP contribution is -2.10. The zero-order valence-corrected chi connectivity index (χ0v) is 23.7. The molecular formula is C38H24ClNS. The van der Waals surface area contributed by atoms with Gasteiger partial charge in [0.1, 0.15) is 0 Å². The molecule has 1 aromatic heterocycles. The Morgan fingerprint density at radius 3 is 1.95 bits per heavy atom. The molecule has 0 radical (unpaired) electrons. The Hall–Kier alpha value is -4.63. The smallest absolute Gasteiger partial charge is 0.0552 e. The first-order valence-electron chi connectivity index (χ1n) is 13.7. The van der Waals surface area contributed by atoms with E-state index in [1.807, 2.05) is 6.07 Å². The summed E-state index contributed by atoms with van der Waals surface area (Å²) in [5, 5.41) is 8.24. The van der Waals surface area contributed by atoms with Crippen molar-refractivity contribution < 1.29 is 0 Å². The molecule has 194 valence electrons. The Morgan fingerprint density at radius 2 is 1.17 bits per heavy atom. The lowest BCUT2D eigenvalue weighted by Gasteiger charge is -2.28. The largest absolute Gasteiger partial charge is 0.310 e. The van der Waals surface area contributed by atoms with Crippen molar-refractivity contribution in [3.8, 4) is 11.1 Å². The zero-order valence-electron chi connectivity index (χ0n) is 22.1. The van der Waals surface area contributed by atoms with Crippen molar-refractivity contribution >= 4 is 81.7 Å². The normalized spacial score (nSPS) is 11.5. The van der Waals surface area contributed by atoms with E-state index < -0.39 is 0 Å². The van der Waals surface area contributed by atoms with Crippen molar-refractivity contribution in [2.24, 2.45) is 0 Å². The Kier molecular flexibility index (Phi) is 5.77. The van der Waals surface area contributed by atoms with Gasteiger partial charge in [-0.05, 0) is 87.9 Å². The van der Waals surface area contributed by atoms with Crippen molar-refractivity contribution in [1.82, 2.24) is 0 Å². The summed E-state index contributed by atoms with van der Waals surface area (Å²) in [6.45, 7) is 0. The average molecular weight is 562 g/mol. The highest BCUT2D eigenvalue weighted by atomic mass is 35.5. The average Bonchev–Trinajstić information content (AvgIpc) is 3.38. The Labute approximate surface area is 247 Å². The van der Waals surface area contributed by atoms with Crippen LogP contribution in [0.1, 0.15) is 0 Å². The van der Waals surface area contributed by atoms with Crippen molar-refractivity contribution in [2.45, 2.75) is 0 Å². The minimum atomic E-state index is 0.776. The summed E-state index contributed by atoms with van der Waals surface area (Å²) in [6, 6.07) is 52.2. The molecule has 7 aromatic carbocycles. The number of thiophene rings is 1. The van der Waals surface area contributed by atoms with Crippen LogP contribution in [0.15, 0.2) is 146 Å². The standard InChI is InChI=1S/C38H24ClNS/c39-29-18-19-33-34-22-26(17-20-36(34)41-37(33)24-29)28-21-27-16-15-25-9-7-8-14-32(25)38(27)35(23-28)40(30-10-3-1-4-11-30)31-12-5-2-6-13-31/h1-24H. The molecule has 0 atom stereocenters. The number of anilines is 3. The second-order valence-electron chi connectivity index (χ2n) is 10.3. The third-order valence-corrected chi connectivity index (χ3v) is 9.23. The molecule has 1 heterocycles. The third-order valence-electron chi connectivity index (χ3n) is 7.86. The van der Waals surface area contributed by atoms with Gasteiger partial charge in [-0.15, -0.1) is 11.3 Å². The lowest BCUT2D eigenvalue weighted by atomic mass is 9.94. The highest BCUT2D eigenvalue weighted by Gasteiger charge is 2.19. The van der Waals surface area contributed by atoms with Gasteiger partial charge in [-0.3, -0.25) is 0 Å². The van der Waals surface area contributed by atoms with Crippen LogP contribution < -0.4 is 4.90 Å². The molecule has 8 rings (SSSR count). The molecule has 0 spiro atoms. The summed E-state index contributed by atoms with van der Waals surface area (Å²) < 4.78 is 2.49. The van der Waals surface area contributed by atoms with E-state index >= 15 is 0 Å². The number of nitrogens with zero attached hydrogens (tertiary/aromatic N) is 1. The van der Waals surface area contributed by atoms with Crippen LogP contribution in [0, 0.1) is 0 Å². The van der Waals surface area contributed by atoms with Gasteiger partial charge in [0, 0.05) is 42.0 Å². The van der Waals surface area contributed by atoms with Gasteiger partial charge >= 0.3 is 0 Å². The fourth-order valence-corrected chi connectivity index (χ4v) is 7.34. The minimum absolute atomic E-state index is 0.776. The van der Waals surface area contributed by atoms with E-state index in [0.717, 1.165) is 22.1 Å². The molecule has 0 saturated carbocycles. The summed E-state index contributed by atoms with van der Waals surface area (Å²) >= 11 is 8.11. The van der Waals surface area contributed by atoms with E-state index in [1.165, 1.54) is 52.8 Å². The van der Waals surface area contributed by atoms with Crippen molar-refractivity contribution in [3.05, 3.63) is 151 Å². The predicted octanol–water partition coefficient (Wildman–Crippen LogP) is 12.2. The first-order valence-corrected chi connectivity index (χ1v) is 14.9. The number of hydrogen-bond donors (Lipinski definition) is 0. The summed E-state index contributed by atoms with van der Waals surface area (Å²) in [5.41, 5.74) is 5.80. The van der Waals surface area contributed by atoms with Gasteiger partial charge in [-0.25, -0.2) is 0 Å². The van der Waals surface area contributed by atoms with Crippen LogP contribution in [0.5, 0.6) is 0 Å². The molecule has 0 aliphatic carbocycles. The Balaban J connectivity index is 1.44. The molecule has 0 bridgehead atoms. The summed E-state index contributed by atoms with van der Waals surface area (Å²) in [5.74, 6) is 0. The second-order valence-corrected chi connectivity index (χ2v) is 11.9. The van der Waals surface area contributed by atoms with E-state index in [4.69, 9.17) is 11.6 Å². The van der Waals surface area contributed by atoms with Crippen LogP contribution in [0.3, 0.4) is 0 Å². The number of fused-ring (bicyclic) bond motifs is 6. The molecule has 0 aliphatic heterocycles. The maximum atomic E-state index is 6.32. The van der Waals surface area contributed by atoms with Gasteiger partial charge in [0.25, 0.3) is 0 Å². The molecule has 8 aromatic rings. The fraction of sp³-hybridized carbons (Fsp3) is 0. The fourth-order valence-electron chi connectivity index (χ4n) is 5.98. The van der Waals surface area contributed by atoms with E-state index in [0.29, 0.717) is 0 Å². The molecule has 0 amide bonds. The Morgan fingerprint density at radius 1 is 0.463 bits per heavy atom. The van der Waals surface area contributed by atoms with E-state index in [2.05, 4.69) is 144 Å². The number of rotatable bonds is 4. The topological polar surface area (TPSA) is 3.24 Å². The molecule has 0 fully saturated rings. The minimum Gasteiger partial charge on any atom is -0.310 e. The Bertz CT molecular complexity index is 2180. The summed E-state index contributed by atoms with van der Waals surface area (Å²) in [6.07, 6.45) is 0. The van der Waals surface area contributed by atoms with Crippen molar-refractivity contribution in [2.75, 3.05) is 4.90 Å². The monoisotopic (exact) mass is 561 g/mol. The van der Waals surface area contributed by atoms with Crippen molar-refractivity contribution in [1.29, 1.82) is 0 Å². The predicted molar refractivity (Wildman–Crippen MR) is 179 cm³/mol. The van der Waals surface area contributed by atoms with E-state index in [1.54, 1.807) is 11.3 Å². The van der Waals surface area contributed by atoms with Gasteiger partial charge < -0.3 is 4.90 Å². The molecule has 1 nitrogen and oxygen atoms in total. The molecule has 3 heteroatoms. The van der Waals surface area contributed by atoms with Crippen LogP contribution in [0.4, 0.5) is 17.1 Å². The first-order chi connectivity index (χ1) is 20.2. The summed E-state index contributed by atoms with van der Waals surface area (Å²) in [4.78, 5) is 2.39. The van der Waals surface area contributed by atoms with Gasteiger partial charge in [0.2, 0.25) is 0 Å². The van der Waals surface area contributed by atoms with Crippen LogP contribution in [0.2, 0.25) is 5.02 Å². The number of hydrogen-bond acceptors (Lipinski definition) is 2. The number of halogens is 1. The molecule has 0 aliphatic rings. The highest BCUT2D eigenvalue weighted by molar-refractivity contribution is 7.25. The van der Waals surface area contributed by atoms with Crippen LogP contribution in [-0.4, -0.2) is 0 Å². The maximum Gasteiger partial charge on any atom is 0.0552 e. The molecular weight excluding hydrogens is 538 g/mol. The van der Waals surface area contributed by atoms with Crippen LogP contribution in [-0.2, 0) is 0 Å². The van der Waals surface area contributed by atoms with E-state index in [9.17, 15) is 0 Å². The lowest BCUT2D eigenvalue weighted by molar-refractivity contribution is 1.30. The van der Waals surface area contributed by atoms with Gasteiger partial charge in [0.05, 0.1) is 5.69 Å². The molecule has 0 unspecified atom stereocenters. The number of para-hydroxylation sites is 2. The van der Waals surface area contributed by atoms with Crippen LogP contribution >= 0.6 is 22.9 Å². The van der Waals surface area contributed by atoms with E-state index in [-0.39, 0.29) is 0 Å². The van der Waals surface area contributed by atoms with Gasteiger partial charge in [-0.2, -0.15) is 0 Å². The highest BCUT2D eigenvalue weighted by Crippen LogP contribution is 2.45. The SMILES string of the molecule is Clc1ccc2c(c1)sc1ccc(-c3cc(N(c4ccccc4)c4ccccc4)c4c(ccc5ccccc54)c3)cc12. The second kappa shape index (κ2) is 9.78. The first kappa shape index (κ1) is 24.2. The summed E-state index contributed by atoms with van der Waals surface area (Å²) in [7, 11) is 0.